The van der Waals surface area contributed by atoms with Gasteiger partial charge in [-0.05, 0) is 18.2 Å². The molecule has 2 aromatic rings. The molecule has 110 valence electrons. The molecule has 0 saturated carbocycles. The Morgan fingerprint density at radius 1 is 1.00 bits per heavy atom. The highest BCUT2D eigenvalue weighted by Gasteiger charge is 2.54. The number of amides is 1. The molecule has 4 rings (SSSR count). The van der Waals surface area contributed by atoms with Gasteiger partial charge in [-0.1, -0.05) is 30.3 Å². The van der Waals surface area contributed by atoms with E-state index in [4.69, 9.17) is 0 Å². The molecular weight excluding hydrogens is 280 g/mol. The molecule has 2 aliphatic heterocycles. The van der Waals surface area contributed by atoms with Gasteiger partial charge in [0.2, 0.25) is 0 Å². The van der Waals surface area contributed by atoms with Crippen LogP contribution in [0.5, 0.6) is 0 Å². The summed E-state index contributed by atoms with van der Waals surface area (Å²) in [5, 5.41) is 16.9. The molecule has 2 heterocycles. The first-order chi connectivity index (χ1) is 10.6. The molecule has 0 spiro atoms. The van der Waals surface area contributed by atoms with Gasteiger partial charge in [-0.3, -0.25) is 9.59 Å². The minimum absolute atomic E-state index is 0.216. The zero-order valence-electron chi connectivity index (χ0n) is 11.7. The molecule has 3 N–H and O–H groups in total. The molecule has 0 bridgehead atoms. The van der Waals surface area contributed by atoms with Crippen molar-refractivity contribution in [2.45, 2.75) is 5.60 Å². The number of nitrogens with one attached hydrogen (secondary N) is 2. The number of benzene rings is 2. The fraction of sp³-hybridized carbons (Fsp3) is 0.176. The number of hydrogen-bond donors (Lipinski definition) is 3. The van der Waals surface area contributed by atoms with E-state index >= 15 is 0 Å². The Bertz CT molecular complexity index is 802. The standard InChI is InChI=1S/C17H14N2O3/c20-15-10-5-1-3-7-13(10)18-9-12(15)17(22)11-6-2-4-8-14(11)19-16(17)21/h1-8,12,18,22H,9H2,(H,19,21). The monoisotopic (exact) mass is 294 g/mol. The van der Waals surface area contributed by atoms with Crippen molar-refractivity contribution in [3.05, 3.63) is 59.7 Å². The highest BCUT2D eigenvalue weighted by Crippen LogP contribution is 2.44. The summed E-state index contributed by atoms with van der Waals surface area (Å²) < 4.78 is 0. The van der Waals surface area contributed by atoms with Crippen LogP contribution in [0.25, 0.3) is 0 Å². The van der Waals surface area contributed by atoms with Gasteiger partial charge in [-0.15, -0.1) is 0 Å². The van der Waals surface area contributed by atoms with E-state index in [0.717, 1.165) is 5.69 Å². The van der Waals surface area contributed by atoms with Crippen LogP contribution in [0.4, 0.5) is 11.4 Å². The van der Waals surface area contributed by atoms with E-state index in [1.54, 1.807) is 36.4 Å². The molecule has 2 unspecified atom stereocenters. The maximum absolute atomic E-state index is 12.8. The molecule has 5 heteroatoms. The first-order valence-corrected chi connectivity index (χ1v) is 7.13. The van der Waals surface area contributed by atoms with Gasteiger partial charge in [0.05, 0.1) is 5.92 Å². The van der Waals surface area contributed by atoms with Crippen LogP contribution in [0.1, 0.15) is 15.9 Å². The first kappa shape index (κ1) is 13.0. The largest absolute Gasteiger partial charge is 0.384 e. The van der Waals surface area contributed by atoms with Gasteiger partial charge >= 0.3 is 0 Å². The average Bonchev–Trinajstić information content (AvgIpc) is 2.80. The van der Waals surface area contributed by atoms with Crippen molar-refractivity contribution in [3.8, 4) is 0 Å². The van der Waals surface area contributed by atoms with E-state index in [9.17, 15) is 14.7 Å². The molecule has 2 aromatic carbocycles. The van der Waals surface area contributed by atoms with Crippen molar-refractivity contribution in [1.29, 1.82) is 0 Å². The third-order valence-electron chi connectivity index (χ3n) is 4.44. The Morgan fingerprint density at radius 3 is 2.50 bits per heavy atom. The zero-order chi connectivity index (χ0) is 15.3. The average molecular weight is 294 g/mol. The number of Topliss-reactive ketones (excluding diaryl/α,β-unsaturated/α-hetero) is 1. The van der Waals surface area contributed by atoms with Crippen LogP contribution in [0, 0.1) is 5.92 Å². The quantitative estimate of drug-likeness (QED) is 0.749. The van der Waals surface area contributed by atoms with E-state index in [2.05, 4.69) is 10.6 Å². The Kier molecular flexibility index (Phi) is 2.62. The van der Waals surface area contributed by atoms with Gasteiger partial charge in [-0.2, -0.15) is 0 Å². The van der Waals surface area contributed by atoms with Gasteiger partial charge < -0.3 is 15.7 Å². The number of carbonyl (C=O) groups excluding carboxylic acids is 2. The van der Waals surface area contributed by atoms with Crippen molar-refractivity contribution in [2.75, 3.05) is 17.2 Å². The molecule has 0 radical (unpaired) electrons. The maximum atomic E-state index is 12.8. The summed E-state index contributed by atoms with van der Waals surface area (Å²) in [6.45, 7) is 0.216. The second kappa shape index (κ2) is 4.42. The van der Waals surface area contributed by atoms with E-state index in [-0.39, 0.29) is 12.3 Å². The lowest BCUT2D eigenvalue weighted by Crippen LogP contribution is -2.50. The molecule has 0 saturated heterocycles. The third-order valence-corrected chi connectivity index (χ3v) is 4.44. The van der Waals surface area contributed by atoms with Crippen LogP contribution in [0.15, 0.2) is 48.5 Å². The molecular formula is C17H14N2O3. The lowest BCUT2D eigenvalue weighted by molar-refractivity contribution is -0.137. The molecule has 0 aliphatic carbocycles. The van der Waals surface area contributed by atoms with E-state index < -0.39 is 17.4 Å². The van der Waals surface area contributed by atoms with Crippen LogP contribution in [-0.4, -0.2) is 23.3 Å². The number of anilines is 2. The number of fused-ring (bicyclic) bond motifs is 2. The highest BCUT2D eigenvalue weighted by molar-refractivity contribution is 6.12. The molecule has 1 amide bonds. The number of rotatable bonds is 1. The van der Waals surface area contributed by atoms with Crippen molar-refractivity contribution >= 4 is 23.1 Å². The van der Waals surface area contributed by atoms with E-state index in [1.807, 2.05) is 12.1 Å². The molecule has 0 fully saturated rings. The number of ketones is 1. The van der Waals surface area contributed by atoms with Crippen LogP contribution < -0.4 is 10.6 Å². The molecule has 0 aromatic heterocycles. The third kappa shape index (κ3) is 1.57. The fourth-order valence-corrected chi connectivity index (χ4v) is 3.29. The summed E-state index contributed by atoms with van der Waals surface area (Å²) in [5.41, 5.74) is 0.415. The topological polar surface area (TPSA) is 78.4 Å². The Morgan fingerprint density at radius 2 is 1.68 bits per heavy atom. The summed E-state index contributed by atoms with van der Waals surface area (Å²) in [6, 6.07) is 14.1. The van der Waals surface area contributed by atoms with Crippen molar-refractivity contribution in [1.82, 2.24) is 0 Å². The number of carbonyl (C=O) groups is 2. The predicted molar refractivity (Wildman–Crippen MR) is 81.7 cm³/mol. The predicted octanol–water partition coefficient (Wildman–Crippen LogP) is 1.75. The van der Waals surface area contributed by atoms with E-state index in [0.29, 0.717) is 16.8 Å². The second-order valence-corrected chi connectivity index (χ2v) is 5.61. The van der Waals surface area contributed by atoms with Crippen molar-refractivity contribution in [3.63, 3.8) is 0 Å². The summed E-state index contributed by atoms with van der Waals surface area (Å²) in [4.78, 5) is 25.2. The number of aliphatic hydroxyl groups is 1. The summed E-state index contributed by atoms with van der Waals surface area (Å²) in [5.74, 6) is -1.62. The Labute approximate surface area is 127 Å². The van der Waals surface area contributed by atoms with Crippen LogP contribution in [0.3, 0.4) is 0 Å². The minimum Gasteiger partial charge on any atom is -0.384 e. The Balaban J connectivity index is 1.83. The molecule has 22 heavy (non-hydrogen) atoms. The first-order valence-electron chi connectivity index (χ1n) is 7.13. The van der Waals surface area contributed by atoms with Crippen LogP contribution in [-0.2, 0) is 10.4 Å². The lowest BCUT2D eigenvalue weighted by atomic mass is 9.76. The van der Waals surface area contributed by atoms with Gasteiger partial charge in [0.25, 0.3) is 5.91 Å². The normalized spacial score (nSPS) is 26.0. The summed E-state index contributed by atoms with van der Waals surface area (Å²) in [7, 11) is 0. The fourth-order valence-electron chi connectivity index (χ4n) is 3.29. The van der Waals surface area contributed by atoms with Gasteiger partial charge in [-0.25, -0.2) is 0 Å². The van der Waals surface area contributed by atoms with Crippen LogP contribution >= 0.6 is 0 Å². The minimum atomic E-state index is -1.84. The maximum Gasteiger partial charge on any atom is 0.261 e. The zero-order valence-corrected chi connectivity index (χ0v) is 11.7. The van der Waals surface area contributed by atoms with Gasteiger partial charge in [0.1, 0.15) is 0 Å². The summed E-state index contributed by atoms with van der Waals surface area (Å²) in [6.07, 6.45) is 0. The van der Waals surface area contributed by atoms with Crippen LogP contribution in [0.2, 0.25) is 0 Å². The number of para-hydroxylation sites is 2. The second-order valence-electron chi connectivity index (χ2n) is 5.61. The van der Waals surface area contributed by atoms with Crippen molar-refractivity contribution in [2.24, 2.45) is 5.92 Å². The molecule has 2 aliphatic rings. The summed E-state index contributed by atoms with van der Waals surface area (Å²) >= 11 is 0. The Hall–Kier alpha value is -2.66. The lowest BCUT2D eigenvalue weighted by Gasteiger charge is -2.34. The molecule has 5 nitrogen and oxygen atoms in total. The SMILES string of the molecule is O=C1c2ccccc2NCC1C1(O)C(=O)Nc2ccccc21. The van der Waals surface area contributed by atoms with Gasteiger partial charge in [0.15, 0.2) is 11.4 Å². The smallest absolute Gasteiger partial charge is 0.261 e. The van der Waals surface area contributed by atoms with Crippen molar-refractivity contribution < 1.29 is 14.7 Å². The molecule has 2 atom stereocenters. The van der Waals surface area contributed by atoms with E-state index in [1.165, 1.54) is 0 Å². The van der Waals surface area contributed by atoms with Gasteiger partial charge in [0, 0.05) is 29.0 Å². The highest BCUT2D eigenvalue weighted by atomic mass is 16.3. The number of hydrogen-bond acceptors (Lipinski definition) is 4.